The van der Waals surface area contributed by atoms with Crippen LogP contribution in [0.25, 0.3) is 0 Å². The Bertz CT molecular complexity index is 968. The molecule has 0 spiro atoms. The van der Waals surface area contributed by atoms with Gasteiger partial charge in [0.1, 0.15) is 5.75 Å². The molecule has 0 unspecified atom stereocenters. The molecular formula is C19H19BrN2O4S. The Morgan fingerprint density at radius 1 is 1.11 bits per heavy atom. The van der Waals surface area contributed by atoms with E-state index in [1.54, 1.807) is 42.5 Å². The lowest BCUT2D eigenvalue weighted by Gasteiger charge is -2.13. The van der Waals surface area contributed by atoms with Gasteiger partial charge < -0.3 is 10.1 Å². The van der Waals surface area contributed by atoms with Gasteiger partial charge in [-0.1, -0.05) is 34.2 Å². The van der Waals surface area contributed by atoms with Gasteiger partial charge in [-0.05, 0) is 49.4 Å². The summed E-state index contributed by atoms with van der Waals surface area (Å²) in [5.41, 5.74) is 0.681. The molecule has 6 nitrogen and oxygen atoms in total. The van der Waals surface area contributed by atoms with Crippen molar-refractivity contribution in [3.63, 3.8) is 0 Å². The van der Waals surface area contributed by atoms with Gasteiger partial charge in [0.25, 0.3) is 10.0 Å². The lowest BCUT2D eigenvalue weighted by atomic mass is 10.3. The van der Waals surface area contributed by atoms with E-state index < -0.39 is 15.9 Å². The van der Waals surface area contributed by atoms with Crippen LogP contribution in [-0.4, -0.2) is 21.4 Å². The fraction of sp³-hybridized carbons (Fsp3) is 0.105. The van der Waals surface area contributed by atoms with E-state index in [9.17, 15) is 13.2 Å². The Kier molecular flexibility index (Phi) is 7.20. The zero-order valence-electron chi connectivity index (χ0n) is 14.8. The second kappa shape index (κ2) is 9.38. The minimum atomic E-state index is -3.83. The van der Waals surface area contributed by atoms with Crippen LogP contribution >= 0.6 is 15.9 Å². The molecule has 0 atom stereocenters. The number of methoxy groups -OCH3 is 1. The van der Waals surface area contributed by atoms with Gasteiger partial charge in [-0.25, -0.2) is 8.42 Å². The van der Waals surface area contributed by atoms with Gasteiger partial charge in [0.15, 0.2) is 0 Å². The topological polar surface area (TPSA) is 84.5 Å². The molecule has 0 aliphatic rings. The Hall–Kier alpha value is -2.58. The van der Waals surface area contributed by atoms with Crippen molar-refractivity contribution in [3.8, 4) is 5.75 Å². The number of rotatable bonds is 7. The summed E-state index contributed by atoms with van der Waals surface area (Å²) in [5.74, 6) is -0.0489. The molecule has 0 saturated carbocycles. The van der Waals surface area contributed by atoms with Crippen LogP contribution in [0.4, 0.5) is 11.4 Å². The first-order valence-electron chi connectivity index (χ1n) is 7.92. The van der Waals surface area contributed by atoms with E-state index in [0.717, 1.165) is 4.47 Å². The molecule has 27 heavy (non-hydrogen) atoms. The predicted molar refractivity (Wildman–Crippen MR) is 111 cm³/mol. The second-order valence-corrected chi connectivity index (χ2v) is 7.95. The molecule has 0 aromatic heterocycles. The van der Waals surface area contributed by atoms with Crippen molar-refractivity contribution in [2.24, 2.45) is 0 Å². The zero-order valence-corrected chi connectivity index (χ0v) is 17.2. The predicted octanol–water partition coefficient (Wildman–Crippen LogP) is 4.33. The van der Waals surface area contributed by atoms with E-state index in [0.29, 0.717) is 11.4 Å². The Labute approximate surface area is 167 Å². The van der Waals surface area contributed by atoms with E-state index >= 15 is 0 Å². The van der Waals surface area contributed by atoms with Gasteiger partial charge in [0, 0.05) is 16.2 Å². The van der Waals surface area contributed by atoms with Crippen LogP contribution in [0.15, 0.2) is 76.1 Å². The van der Waals surface area contributed by atoms with Gasteiger partial charge in [0.05, 0.1) is 17.7 Å². The number of halogens is 1. The third-order valence-electron chi connectivity index (χ3n) is 3.39. The van der Waals surface area contributed by atoms with Gasteiger partial charge in [-0.2, -0.15) is 0 Å². The summed E-state index contributed by atoms with van der Waals surface area (Å²) >= 11 is 3.30. The highest BCUT2D eigenvalue weighted by Gasteiger charge is 2.17. The van der Waals surface area contributed by atoms with Crippen molar-refractivity contribution in [2.75, 3.05) is 17.1 Å². The number of carbonyl (C=O) groups excluding carboxylic acids is 1. The molecule has 0 fully saturated rings. The first-order valence-corrected chi connectivity index (χ1v) is 10.2. The van der Waals surface area contributed by atoms with Crippen LogP contribution in [0.2, 0.25) is 0 Å². The summed E-state index contributed by atoms with van der Waals surface area (Å²) in [7, 11) is -2.39. The summed E-state index contributed by atoms with van der Waals surface area (Å²) in [6.07, 6.45) is 6.41. The molecule has 0 aliphatic carbocycles. The van der Waals surface area contributed by atoms with Crippen molar-refractivity contribution in [1.29, 1.82) is 0 Å². The van der Waals surface area contributed by atoms with Gasteiger partial charge in [-0.15, -0.1) is 0 Å². The third kappa shape index (κ3) is 5.97. The largest absolute Gasteiger partial charge is 0.495 e. The number of hydrogen-bond acceptors (Lipinski definition) is 4. The maximum atomic E-state index is 12.6. The second-order valence-electron chi connectivity index (χ2n) is 5.35. The molecule has 0 radical (unpaired) electrons. The smallest absolute Gasteiger partial charge is 0.261 e. The van der Waals surface area contributed by atoms with Crippen LogP contribution in [-0.2, 0) is 14.8 Å². The minimum absolute atomic E-state index is 0.000970. The SMILES string of the molecule is C/C=C/C=C/C(=O)Nc1cc(S(=O)(=O)Nc2ccc(Br)cc2)ccc1OC. The molecule has 2 N–H and O–H groups in total. The Balaban J connectivity index is 2.29. The molecule has 2 aromatic carbocycles. The fourth-order valence-electron chi connectivity index (χ4n) is 2.11. The Morgan fingerprint density at radius 2 is 1.81 bits per heavy atom. The monoisotopic (exact) mass is 450 g/mol. The normalized spacial score (nSPS) is 11.7. The van der Waals surface area contributed by atoms with E-state index in [1.165, 1.54) is 31.4 Å². The van der Waals surface area contributed by atoms with Crippen LogP contribution < -0.4 is 14.8 Å². The van der Waals surface area contributed by atoms with Crippen molar-refractivity contribution in [3.05, 3.63) is 71.2 Å². The standard InChI is InChI=1S/C19H19BrN2O4S/c1-3-4-5-6-19(23)21-17-13-16(11-12-18(17)26-2)27(24,25)22-15-9-7-14(20)8-10-15/h3-13,22H,1-2H3,(H,21,23)/b4-3+,6-5+. The Morgan fingerprint density at radius 3 is 2.44 bits per heavy atom. The van der Waals surface area contributed by atoms with Crippen molar-refractivity contribution < 1.29 is 17.9 Å². The van der Waals surface area contributed by atoms with E-state index in [2.05, 4.69) is 26.0 Å². The highest BCUT2D eigenvalue weighted by Crippen LogP contribution is 2.28. The molecular weight excluding hydrogens is 432 g/mol. The first kappa shape index (κ1) is 20.7. The molecule has 2 aromatic rings. The molecule has 0 heterocycles. The minimum Gasteiger partial charge on any atom is -0.495 e. The fourth-order valence-corrected chi connectivity index (χ4v) is 3.46. The quantitative estimate of drug-likeness (QED) is 0.485. The maximum Gasteiger partial charge on any atom is 0.261 e. The number of nitrogens with one attached hydrogen (secondary N) is 2. The summed E-state index contributed by atoms with van der Waals surface area (Å²) in [4.78, 5) is 12.0. The van der Waals surface area contributed by atoms with Crippen molar-refractivity contribution in [2.45, 2.75) is 11.8 Å². The first-order chi connectivity index (χ1) is 12.9. The summed E-state index contributed by atoms with van der Waals surface area (Å²) in [6.45, 7) is 1.83. The van der Waals surface area contributed by atoms with Gasteiger partial charge >= 0.3 is 0 Å². The number of ether oxygens (including phenoxy) is 1. The van der Waals surface area contributed by atoms with Gasteiger partial charge in [-0.3, -0.25) is 9.52 Å². The van der Waals surface area contributed by atoms with Crippen LogP contribution in [0.1, 0.15) is 6.92 Å². The number of allylic oxidation sites excluding steroid dienone is 3. The van der Waals surface area contributed by atoms with Crippen LogP contribution in [0.3, 0.4) is 0 Å². The number of carbonyl (C=O) groups is 1. The molecule has 142 valence electrons. The van der Waals surface area contributed by atoms with Gasteiger partial charge in [0.2, 0.25) is 5.91 Å². The molecule has 8 heteroatoms. The zero-order chi connectivity index (χ0) is 19.9. The summed E-state index contributed by atoms with van der Waals surface area (Å²) < 4.78 is 33.8. The van der Waals surface area contributed by atoms with Crippen molar-refractivity contribution in [1.82, 2.24) is 0 Å². The number of amides is 1. The van der Waals surface area contributed by atoms with E-state index in [4.69, 9.17) is 4.74 Å². The summed E-state index contributed by atoms with van der Waals surface area (Å²) in [6, 6.07) is 11.0. The highest BCUT2D eigenvalue weighted by atomic mass is 79.9. The number of benzene rings is 2. The molecule has 2 rings (SSSR count). The number of sulfonamides is 1. The lowest BCUT2D eigenvalue weighted by molar-refractivity contribution is -0.111. The number of anilines is 2. The maximum absolute atomic E-state index is 12.6. The molecule has 0 saturated heterocycles. The third-order valence-corrected chi connectivity index (χ3v) is 5.29. The number of hydrogen-bond donors (Lipinski definition) is 2. The summed E-state index contributed by atoms with van der Waals surface area (Å²) in [5, 5.41) is 2.62. The van der Waals surface area contributed by atoms with Crippen molar-refractivity contribution >= 4 is 43.2 Å². The highest BCUT2D eigenvalue weighted by molar-refractivity contribution is 9.10. The average Bonchev–Trinajstić information content (AvgIpc) is 2.63. The lowest BCUT2D eigenvalue weighted by Crippen LogP contribution is -2.14. The average molecular weight is 451 g/mol. The van der Waals surface area contributed by atoms with E-state index in [-0.39, 0.29) is 10.6 Å². The van der Waals surface area contributed by atoms with Crippen LogP contribution in [0.5, 0.6) is 5.75 Å². The molecule has 1 amide bonds. The van der Waals surface area contributed by atoms with Crippen LogP contribution in [0, 0.1) is 0 Å². The molecule has 0 bridgehead atoms. The molecule has 0 aliphatic heterocycles. The van der Waals surface area contributed by atoms with E-state index in [1.807, 2.05) is 6.92 Å².